The number of esters is 2. The van der Waals surface area contributed by atoms with Crippen LogP contribution in [0.4, 0.5) is 5.00 Å². The van der Waals surface area contributed by atoms with Crippen molar-refractivity contribution in [1.82, 2.24) is 4.98 Å². The molecule has 0 fully saturated rings. The lowest BCUT2D eigenvalue weighted by Crippen LogP contribution is -2.15. The van der Waals surface area contributed by atoms with Crippen molar-refractivity contribution in [3.8, 4) is 16.2 Å². The SMILES string of the molecule is COC(=O)c1c(C)nc(C)c(C(=O)OC)c1-c1cc(O)sc1N=O. The van der Waals surface area contributed by atoms with Crippen molar-refractivity contribution in [2.75, 3.05) is 14.2 Å². The zero-order valence-corrected chi connectivity index (χ0v) is 14.2. The van der Waals surface area contributed by atoms with Crippen LogP contribution in [0.5, 0.6) is 5.06 Å². The Morgan fingerprint density at radius 2 is 1.62 bits per heavy atom. The van der Waals surface area contributed by atoms with Gasteiger partial charge in [0.25, 0.3) is 0 Å². The van der Waals surface area contributed by atoms with Crippen LogP contribution in [0.1, 0.15) is 32.1 Å². The van der Waals surface area contributed by atoms with Crippen molar-refractivity contribution >= 4 is 28.3 Å². The number of pyridine rings is 1. The van der Waals surface area contributed by atoms with Crippen LogP contribution in [-0.4, -0.2) is 36.2 Å². The number of thiophene rings is 1. The van der Waals surface area contributed by atoms with Gasteiger partial charge in [0.05, 0.1) is 36.7 Å². The summed E-state index contributed by atoms with van der Waals surface area (Å²) in [6, 6.07) is 1.26. The van der Waals surface area contributed by atoms with E-state index in [0.29, 0.717) is 11.4 Å². The van der Waals surface area contributed by atoms with E-state index >= 15 is 0 Å². The highest BCUT2D eigenvalue weighted by atomic mass is 32.1. The van der Waals surface area contributed by atoms with Crippen LogP contribution in [0.25, 0.3) is 11.1 Å². The Morgan fingerprint density at radius 1 is 1.12 bits per heavy atom. The molecule has 0 amide bonds. The predicted molar refractivity (Wildman–Crippen MR) is 86.8 cm³/mol. The van der Waals surface area contributed by atoms with E-state index in [1.165, 1.54) is 20.3 Å². The van der Waals surface area contributed by atoms with Crippen LogP contribution >= 0.6 is 11.3 Å². The van der Waals surface area contributed by atoms with Crippen LogP contribution in [0.3, 0.4) is 0 Å². The minimum atomic E-state index is -0.734. The number of carbonyl (C=O) groups excluding carboxylic acids is 2. The topological polar surface area (TPSA) is 115 Å². The molecule has 0 aliphatic carbocycles. The van der Waals surface area contributed by atoms with Crippen LogP contribution < -0.4 is 0 Å². The second kappa shape index (κ2) is 6.75. The average molecular weight is 350 g/mol. The molecule has 2 heterocycles. The molecule has 0 unspecified atom stereocenters. The molecule has 8 nitrogen and oxygen atoms in total. The number of aromatic hydroxyl groups is 1. The van der Waals surface area contributed by atoms with E-state index in [0.717, 1.165) is 11.3 Å². The van der Waals surface area contributed by atoms with Crippen molar-refractivity contribution in [3.05, 3.63) is 33.5 Å². The van der Waals surface area contributed by atoms with Crippen molar-refractivity contribution in [2.24, 2.45) is 5.18 Å². The lowest BCUT2D eigenvalue weighted by Gasteiger charge is -2.16. The second-order valence-corrected chi connectivity index (χ2v) is 5.79. The van der Waals surface area contributed by atoms with Gasteiger partial charge >= 0.3 is 11.9 Å². The zero-order valence-electron chi connectivity index (χ0n) is 13.4. The highest BCUT2D eigenvalue weighted by molar-refractivity contribution is 7.18. The molecule has 0 aliphatic rings. The van der Waals surface area contributed by atoms with Gasteiger partial charge in [0, 0.05) is 17.2 Å². The lowest BCUT2D eigenvalue weighted by atomic mass is 9.93. The van der Waals surface area contributed by atoms with Gasteiger partial charge in [-0.25, -0.2) is 9.59 Å². The molecule has 0 atom stereocenters. The fraction of sp³-hybridized carbons (Fsp3) is 0.267. The molecule has 0 aliphatic heterocycles. The molecule has 0 spiro atoms. The van der Waals surface area contributed by atoms with Gasteiger partial charge in [-0.1, -0.05) is 11.3 Å². The standard InChI is InChI=1S/C15H14N2O6S/c1-6-10(14(19)22-3)12(8-5-9(18)24-13(8)17-21)11(7(2)16-6)15(20)23-4/h5,18H,1-4H3. The minimum Gasteiger partial charge on any atom is -0.499 e. The first kappa shape index (κ1) is 17.5. The van der Waals surface area contributed by atoms with Crippen LogP contribution in [0.15, 0.2) is 11.2 Å². The number of rotatable bonds is 4. The highest BCUT2D eigenvalue weighted by Gasteiger charge is 2.30. The fourth-order valence-electron chi connectivity index (χ4n) is 2.44. The van der Waals surface area contributed by atoms with E-state index in [2.05, 4.69) is 10.2 Å². The van der Waals surface area contributed by atoms with Crippen molar-refractivity contribution in [3.63, 3.8) is 0 Å². The summed E-state index contributed by atoms with van der Waals surface area (Å²) in [4.78, 5) is 39.7. The molecule has 9 heteroatoms. The molecule has 0 saturated heterocycles. The Labute approximate surface area is 141 Å². The molecule has 0 saturated carbocycles. The number of aryl methyl sites for hydroxylation is 2. The number of nitroso groups, excluding NO2 is 1. The molecule has 1 N–H and O–H groups in total. The first-order chi connectivity index (χ1) is 11.3. The van der Waals surface area contributed by atoms with Gasteiger partial charge in [-0.3, -0.25) is 4.98 Å². The molecule has 2 aromatic rings. The molecule has 0 radical (unpaired) electrons. The molecule has 2 aromatic heterocycles. The zero-order chi connectivity index (χ0) is 18.0. The molecular weight excluding hydrogens is 336 g/mol. The summed E-state index contributed by atoms with van der Waals surface area (Å²) >= 11 is 0.729. The molecular formula is C15H14N2O6S. The number of hydrogen-bond acceptors (Lipinski definition) is 9. The monoisotopic (exact) mass is 350 g/mol. The molecule has 2 rings (SSSR count). The third kappa shape index (κ3) is 2.85. The number of hydrogen-bond donors (Lipinski definition) is 1. The number of ether oxygens (including phenoxy) is 2. The molecule has 24 heavy (non-hydrogen) atoms. The predicted octanol–water partition coefficient (Wildman–Crippen LogP) is 3.10. The maximum absolute atomic E-state index is 12.2. The summed E-state index contributed by atoms with van der Waals surface area (Å²) in [5.74, 6) is -1.47. The van der Waals surface area contributed by atoms with E-state index in [4.69, 9.17) is 9.47 Å². The largest absolute Gasteiger partial charge is 0.499 e. The highest BCUT2D eigenvalue weighted by Crippen LogP contribution is 2.45. The van der Waals surface area contributed by atoms with E-state index in [-0.39, 0.29) is 32.3 Å². The summed E-state index contributed by atoms with van der Waals surface area (Å²) in [5.41, 5.74) is 0.873. The average Bonchev–Trinajstić information content (AvgIpc) is 2.93. The Balaban J connectivity index is 3.00. The normalized spacial score (nSPS) is 10.3. The first-order valence-corrected chi connectivity index (χ1v) is 7.51. The van der Waals surface area contributed by atoms with Gasteiger partial charge in [0.2, 0.25) is 0 Å². The van der Waals surface area contributed by atoms with Crippen LogP contribution in [0, 0.1) is 18.8 Å². The Bertz CT molecular complexity index is 803. The molecule has 0 aromatic carbocycles. The number of carbonyl (C=O) groups is 2. The van der Waals surface area contributed by atoms with Crippen molar-refractivity contribution < 1.29 is 24.2 Å². The summed E-state index contributed by atoms with van der Waals surface area (Å²) in [6.07, 6.45) is 0. The van der Waals surface area contributed by atoms with Gasteiger partial charge in [-0.2, -0.15) is 0 Å². The third-order valence-corrected chi connectivity index (χ3v) is 4.20. The number of aromatic nitrogens is 1. The first-order valence-electron chi connectivity index (χ1n) is 6.70. The summed E-state index contributed by atoms with van der Waals surface area (Å²) < 4.78 is 9.54. The fourth-order valence-corrected chi connectivity index (χ4v) is 3.12. The van der Waals surface area contributed by atoms with E-state index < -0.39 is 11.9 Å². The Hall–Kier alpha value is -2.81. The smallest absolute Gasteiger partial charge is 0.340 e. The molecule has 0 bridgehead atoms. The summed E-state index contributed by atoms with van der Waals surface area (Å²) in [6.45, 7) is 3.15. The van der Waals surface area contributed by atoms with Crippen LogP contribution in [0.2, 0.25) is 0 Å². The minimum absolute atomic E-state index is 0.00574. The maximum Gasteiger partial charge on any atom is 0.340 e. The Kier molecular flexibility index (Phi) is 4.93. The summed E-state index contributed by atoms with van der Waals surface area (Å²) in [7, 11) is 2.38. The van der Waals surface area contributed by atoms with Gasteiger partial charge < -0.3 is 14.6 Å². The van der Waals surface area contributed by atoms with E-state index in [9.17, 15) is 19.6 Å². The van der Waals surface area contributed by atoms with E-state index in [1.54, 1.807) is 13.8 Å². The quantitative estimate of drug-likeness (QED) is 0.665. The van der Waals surface area contributed by atoms with Gasteiger partial charge in [0.1, 0.15) is 0 Å². The lowest BCUT2D eigenvalue weighted by molar-refractivity contribution is 0.0599. The molecule has 126 valence electrons. The van der Waals surface area contributed by atoms with Gasteiger partial charge in [-0.05, 0) is 19.0 Å². The number of methoxy groups -OCH3 is 2. The Morgan fingerprint density at radius 3 is 2.04 bits per heavy atom. The van der Waals surface area contributed by atoms with E-state index in [1.807, 2.05) is 0 Å². The van der Waals surface area contributed by atoms with Gasteiger partial charge in [0.15, 0.2) is 10.1 Å². The second-order valence-electron chi connectivity index (χ2n) is 4.79. The van der Waals surface area contributed by atoms with Gasteiger partial charge in [-0.15, -0.1) is 4.91 Å². The van der Waals surface area contributed by atoms with Crippen molar-refractivity contribution in [2.45, 2.75) is 13.8 Å². The summed E-state index contributed by atoms with van der Waals surface area (Å²) in [5, 5.41) is 12.3. The van der Waals surface area contributed by atoms with Crippen molar-refractivity contribution in [1.29, 1.82) is 0 Å². The van der Waals surface area contributed by atoms with Crippen LogP contribution in [-0.2, 0) is 9.47 Å². The number of nitrogens with zero attached hydrogens (tertiary/aromatic N) is 2. The third-order valence-electron chi connectivity index (χ3n) is 3.39. The maximum atomic E-state index is 12.2.